The molecule has 12 heteroatoms. The average molecular weight is 558 g/mol. The summed E-state index contributed by atoms with van der Waals surface area (Å²) >= 11 is 5.94. The van der Waals surface area contributed by atoms with Crippen molar-refractivity contribution in [2.75, 3.05) is 13.2 Å². The molecule has 0 N–H and O–H groups in total. The Bertz CT molecular complexity index is 1630. The van der Waals surface area contributed by atoms with Crippen LogP contribution in [0.15, 0.2) is 49.6 Å². The SMILES string of the molecule is Clc1ncnc2c1ncn2C1CCCCO1.N#CCc1ccc(-c2ncnc3c2ncn3C2CCCCO2)cc1. The minimum atomic E-state index is 0.00417. The van der Waals surface area contributed by atoms with Crippen molar-refractivity contribution in [1.82, 2.24) is 39.0 Å². The fraction of sp³-hybridized carbons (Fsp3) is 0.393. The zero-order valence-electron chi connectivity index (χ0n) is 21.9. The van der Waals surface area contributed by atoms with Gasteiger partial charge in [-0.1, -0.05) is 35.9 Å². The Morgan fingerprint density at radius 3 is 1.98 bits per heavy atom. The maximum atomic E-state index is 8.78. The first-order valence-corrected chi connectivity index (χ1v) is 13.8. The van der Waals surface area contributed by atoms with Crippen molar-refractivity contribution in [3.8, 4) is 17.3 Å². The lowest BCUT2D eigenvalue weighted by Crippen LogP contribution is -2.17. The number of benzene rings is 1. The summed E-state index contributed by atoms with van der Waals surface area (Å²) < 4.78 is 15.5. The molecule has 7 rings (SSSR count). The minimum absolute atomic E-state index is 0.00417. The van der Waals surface area contributed by atoms with Crippen molar-refractivity contribution in [3.63, 3.8) is 0 Å². The average Bonchev–Trinajstić information content (AvgIpc) is 3.65. The van der Waals surface area contributed by atoms with Crippen molar-refractivity contribution in [3.05, 3.63) is 60.3 Å². The summed E-state index contributed by atoms with van der Waals surface area (Å²) in [6.07, 6.45) is 13.5. The van der Waals surface area contributed by atoms with Crippen molar-refractivity contribution in [2.24, 2.45) is 0 Å². The van der Waals surface area contributed by atoms with E-state index in [9.17, 15) is 0 Å². The van der Waals surface area contributed by atoms with Gasteiger partial charge in [0.05, 0.1) is 25.1 Å². The monoisotopic (exact) mass is 557 g/mol. The summed E-state index contributed by atoms with van der Waals surface area (Å²) in [5, 5.41) is 9.17. The van der Waals surface area contributed by atoms with Crippen LogP contribution in [0.3, 0.4) is 0 Å². The number of aromatic nitrogens is 8. The number of halogens is 1. The molecular weight excluding hydrogens is 530 g/mol. The van der Waals surface area contributed by atoms with E-state index in [2.05, 4.69) is 36.0 Å². The van der Waals surface area contributed by atoms with Gasteiger partial charge in [-0.25, -0.2) is 29.9 Å². The third-order valence-electron chi connectivity index (χ3n) is 7.12. The number of nitriles is 1. The second kappa shape index (κ2) is 12.0. The standard InChI is InChI=1S/C18H17N5O.C10H11ClN4O/c19-9-8-13-4-6-14(7-5-13)16-17-18(21-11-20-16)23(12-22-17)15-3-1-2-10-24-15;11-9-8-10(13-5-12-9)15(6-14-8)7-3-1-2-4-16-7/h4-7,11-12,15H,1-3,8,10H2;5-7H,1-4H2. The van der Waals surface area contributed by atoms with Gasteiger partial charge in [0.15, 0.2) is 16.4 Å². The van der Waals surface area contributed by atoms with Crippen molar-refractivity contribution in [2.45, 2.75) is 57.4 Å². The van der Waals surface area contributed by atoms with Crippen molar-refractivity contribution < 1.29 is 9.47 Å². The van der Waals surface area contributed by atoms with E-state index < -0.39 is 0 Å². The molecule has 204 valence electrons. The molecule has 11 nitrogen and oxygen atoms in total. The maximum absolute atomic E-state index is 8.78. The van der Waals surface area contributed by atoms with E-state index >= 15 is 0 Å². The predicted molar refractivity (Wildman–Crippen MR) is 148 cm³/mol. The highest BCUT2D eigenvalue weighted by Gasteiger charge is 2.21. The molecule has 0 saturated carbocycles. The number of hydrogen-bond donors (Lipinski definition) is 0. The van der Waals surface area contributed by atoms with Crippen LogP contribution >= 0.6 is 11.6 Å². The zero-order valence-corrected chi connectivity index (χ0v) is 22.6. The Balaban J connectivity index is 0.000000157. The largest absolute Gasteiger partial charge is 0.358 e. The summed E-state index contributed by atoms with van der Waals surface area (Å²) in [6.45, 7) is 1.58. The molecule has 0 bridgehead atoms. The second-order valence-electron chi connectivity index (χ2n) is 9.71. The van der Waals surface area contributed by atoms with E-state index in [1.165, 1.54) is 12.7 Å². The van der Waals surface area contributed by atoms with Gasteiger partial charge in [-0.2, -0.15) is 5.26 Å². The number of fused-ring (bicyclic) bond motifs is 2. The van der Waals surface area contributed by atoms with Gasteiger partial charge in [-0.3, -0.25) is 9.13 Å². The van der Waals surface area contributed by atoms with Gasteiger partial charge in [0.1, 0.15) is 41.8 Å². The Morgan fingerprint density at radius 2 is 1.38 bits per heavy atom. The first kappa shape index (κ1) is 26.3. The number of ether oxygens (including phenoxy) is 2. The fourth-order valence-corrected chi connectivity index (χ4v) is 5.24. The van der Waals surface area contributed by atoms with Crippen LogP contribution in [0.25, 0.3) is 33.6 Å². The number of rotatable bonds is 4. The van der Waals surface area contributed by atoms with Crippen LogP contribution in [0, 0.1) is 11.3 Å². The van der Waals surface area contributed by atoms with Crippen molar-refractivity contribution in [1.29, 1.82) is 5.26 Å². The summed E-state index contributed by atoms with van der Waals surface area (Å²) in [5.74, 6) is 0. The lowest BCUT2D eigenvalue weighted by atomic mass is 10.1. The highest BCUT2D eigenvalue weighted by atomic mass is 35.5. The van der Waals surface area contributed by atoms with Gasteiger partial charge in [-0.15, -0.1) is 0 Å². The van der Waals surface area contributed by atoms with E-state index in [1.807, 2.05) is 33.4 Å². The lowest BCUT2D eigenvalue weighted by Gasteiger charge is -2.23. The molecule has 0 aliphatic carbocycles. The molecular formula is C28H28ClN9O2. The smallest absolute Gasteiger partial charge is 0.166 e. The van der Waals surface area contributed by atoms with Gasteiger partial charge in [0, 0.05) is 18.8 Å². The van der Waals surface area contributed by atoms with E-state index in [-0.39, 0.29) is 12.5 Å². The predicted octanol–water partition coefficient (Wildman–Crippen LogP) is 5.44. The lowest BCUT2D eigenvalue weighted by molar-refractivity contribution is -0.0299. The van der Waals surface area contributed by atoms with Gasteiger partial charge in [0.2, 0.25) is 0 Å². The van der Waals surface area contributed by atoms with E-state index in [0.717, 1.165) is 78.9 Å². The Labute approximate surface area is 235 Å². The van der Waals surface area contributed by atoms with Gasteiger partial charge in [-0.05, 0) is 44.1 Å². The Kier molecular flexibility index (Phi) is 7.90. The van der Waals surface area contributed by atoms with E-state index in [0.29, 0.717) is 17.1 Å². The molecule has 1 aromatic carbocycles. The highest BCUT2D eigenvalue weighted by molar-refractivity contribution is 6.33. The van der Waals surface area contributed by atoms with Crippen LogP contribution < -0.4 is 0 Å². The van der Waals surface area contributed by atoms with Crippen LogP contribution in [0.5, 0.6) is 0 Å². The molecule has 5 aromatic rings. The normalized spacial score (nSPS) is 19.2. The number of imidazole rings is 2. The van der Waals surface area contributed by atoms with Crippen LogP contribution in [0.4, 0.5) is 0 Å². The summed E-state index contributed by atoms with van der Waals surface area (Å²) in [6, 6.07) is 10.0. The molecule has 2 saturated heterocycles. The van der Waals surface area contributed by atoms with Crippen molar-refractivity contribution >= 4 is 33.9 Å². The highest BCUT2D eigenvalue weighted by Crippen LogP contribution is 2.30. The molecule has 2 aliphatic rings. The molecule has 2 atom stereocenters. The number of hydrogen-bond acceptors (Lipinski definition) is 9. The molecule has 2 aliphatic heterocycles. The van der Waals surface area contributed by atoms with Gasteiger partial charge in [0.25, 0.3) is 0 Å². The molecule has 0 radical (unpaired) electrons. The summed E-state index contributed by atoms with van der Waals surface area (Å²) in [4.78, 5) is 25.7. The van der Waals surface area contributed by atoms with Crippen LogP contribution in [0.2, 0.25) is 5.15 Å². The summed E-state index contributed by atoms with van der Waals surface area (Å²) in [7, 11) is 0. The molecule has 40 heavy (non-hydrogen) atoms. The maximum Gasteiger partial charge on any atom is 0.166 e. The van der Waals surface area contributed by atoms with E-state index in [1.54, 1.807) is 19.0 Å². The first-order chi connectivity index (χ1) is 19.7. The topological polar surface area (TPSA) is 129 Å². The van der Waals surface area contributed by atoms with Gasteiger partial charge < -0.3 is 9.47 Å². The quantitative estimate of drug-likeness (QED) is 0.265. The van der Waals surface area contributed by atoms with Crippen LogP contribution in [-0.4, -0.2) is 52.3 Å². The molecule has 4 aromatic heterocycles. The zero-order chi connectivity index (χ0) is 27.3. The molecule has 0 spiro atoms. The van der Waals surface area contributed by atoms with Gasteiger partial charge >= 0.3 is 0 Å². The van der Waals surface area contributed by atoms with E-state index in [4.69, 9.17) is 26.3 Å². The third-order valence-corrected chi connectivity index (χ3v) is 7.39. The minimum Gasteiger partial charge on any atom is -0.358 e. The Hall–Kier alpha value is -3.98. The number of nitrogens with zero attached hydrogens (tertiary/aromatic N) is 9. The summed E-state index contributed by atoms with van der Waals surface area (Å²) in [5.41, 5.74) is 5.72. The Morgan fingerprint density at radius 1 is 0.775 bits per heavy atom. The molecule has 2 unspecified atom stereocenters. The molecule has 6 heterocycles. The fourth-order valence-electron chi connectivity index (χ4n) is 5.07. The first-order valence-electron chi connectivity index (χ1n) is 13.4. The van der Waals surface area contributed by atoms with Crippen LogP contribution in [-0.2, 0) is 15.9 Å². The molecule has 2 fully saturated rings. The third kappa shape index (κ3) is 5.38. The van der Waals surface area contributed by atoms with Crippen LogP contribution in [0.1, 0.15) is 56.5 Å². The molecule has 0 amide bonds. The second-order valence-corrected chi connectivity index (χ2v) is 10.1.